The highest BCUT2D eigenvalue weighted by Gasteiger charge is 2.42. The minimum Gasteiger partial charge on any atom is -0.503 e. The first-order valence-electron chi connectivity index (χ1n) is 9.22. The lowest BCUT2D eigenvalue weighted by molar-refractivity contribution is -0.129. The van der Waals surface area contributed by atoms with Crippen molar-refractivity contribution in [1.29, 1.82) is 0 Å². The molecule has 0 spiro atoms. The zero-order chi connectivity index (χ0) is 19.4. The molecule has 0 radical (unpaired) electrons. The smallest absolute Gasteiger partial charge is 0.290 e. The van der Waals surface area contributed by atoms with Crippen molar-refractivity contribution in [2.75, 3.05) is 46.5 Å². The maximum atomic E-state index is 12.6. The van der Waals surface area contributed by atoms with Crippen LogP contribution in [0.1, 0.15) is 24.9 Å². The third kappa shape index (κ3) is 4.14. The predicted octanol–water partition coefficient (Wildman–Crippen LogP) is 1.70. The van der Waals surface area contributed by atoms with Crippen LogP contribution in [-0.4, -0.2) is 73.1 Å². The topological polar surface area (TPSA) is 79.3 Å². The van der Waals surface area contributed by atoms with Crippen molar-refractivity contribution in [1.82, 2.24) is 9.80 Å². The summed E-state index contributed by atoms with van der Waals surface area (Å²) in [4.78, 5) is 28.7. The van der Waals surface area contributed by atoms with Crippen LogP contribution in [0.3, 0.4) is 0 Å². The molecule has 1 saturated heterocycles. The number of hydrogen-bond acceptors (Lipinski definition) is 6. The van der Waals surface area contributed by atoms with E-state index in [-0.39, 0.29) is 11.4 Å². The van der Waals surface area contributed by atoms with Crippen LogP contribution < -0.4 is 4.74 Å². The summed E-state index contributed by atoms with van der Waals surface area (Å²) in [6, 6.07) is 6.68. The third-order valence-corrected chi connectivity index (χ3v) is 5.07. The van der Waals surface area contributed by atoms with Crippen LogP contribution in [0, 0.1) is 0 Å². The second-order valence-corrected chi connectivity index (χ2v) is 6.80. The first kappa shape index (κ1) is 19.4. The fourth-order valence-electron chi connectivity index (χ4n) is 3.69. The molecule has 2 aliphatic rings. The van der Waals surface area contributed by atoms with E-state index in [9.17, 15) is 14.7 Å². The van der Waals surface area contributed by atoms with E-state index in [1.165, 1.54) is 6.92 Å². The second kappa shape index (κ2) is 8.54. The lowest BCUT2D eigenvalue weighted by atomic mass is 9.96. The van der Waals surface area contributed by atoms with Gasteiger partial charge in [-0.2, -0.15) is 0 Å². The maximum Gasteiger partial charge on any atom is 0.290 e. The number of ketones is 1. The molecule has 1 N–H and O–H groups in total. The van der Waals surface area contributed by atoms with E-state index in [1.807, 2.05) is 12.1 Å². The van der Waals surface area contributed by atoms with E-state index in [2.05, 4.69) is 4.90 Å². The number of benzene rings is 1. The Bertz CT molecular complexity index is 740. The average Bonchev–Trinajstić information content (AvgIpc) is 2.94. The molecule has 0 bridgehead atoms. The number of aliphatic hydroxyl groups is 1. The Balaban J connectivity index is 1.79. The van der Waals surface area contributed by atoms with Gasteiger partial charge in [-0.25, -0.2) is 0 Å². The molecular formula is C20H26N2O5. The normalized spacial score (nSPS) is 21.0. The van der Waals surface area contributed by atoms with Crippen LogP contribution >= 0.6 is 0 Å². The maximum absolute atomic E-state index is 12.6. The molecule has 1 fully saturated rings. The van der Waals surface area contributed by atoms with Gasteiger partial charge >= 0.3 is 0 Å². The highest BCUT2D eigenvalue weighted by atomic mass is 16.5. The van der Waals surface area contributed by atoms with Crippen molar-refractivity contribution in [2.45, 2.75) is 19.4 Å². The van der Waals surface area contributed by atoms with Gasteiger partial charge in [0, 0.05) is 26.2 Å². The first-order valence-corrected chi connectivity index (χ1v) is 9.22. The number of amides is 1. The first-order chi connectivity index (χ1) is 13.0. The van der Waals surface area contributed by atoms with E-state index in [4.69, 9.17) is 9.47 Å². The van der Waals surface area contributed by atoms with E-state index < -0.39 is 17.7 Å². The fraction of sp³-hybridized carbons (Fsp3) is 0.500. The molecule has 3 rings (SSSR count). The molecule has 1 amide bonds. The molecule has 27 heavy (non-hydrogen) atoms. The van der Waals surface area contributed by atoms with Crippen molar-refractivity contribution >= 4 is 11.7 Å². The van der Waals surface area contributed by atoms with Gasteiger partial charge in [0.1, 0.15) is 5.75 Å². The summed E-state index contributed by atoms with van der Waals surface area (Å²) in [6.45, 7) is 5.90. The van der Waals surface area contributed by atoms with Gasteiger partial charge in [-0.1, -0.05) is 12.1 Å². The summed E-state index contributed by atoms with van der Waals surface area (Å²) in [7, 11) is 1.57. The molecule has 146 valence electrons. The number of morpholine rings is 1. The number of methoxy groups -OCH3 is 1. The van der Waals surface area contributed by atoms with Crippen molar-refractivity contribution in [2.24, 2.45) is 0 Å². The summed E-state index contributed by atoms with van der Waals surface area (Å²) >= 11 is 0. The largest absolute Gasteiger partial charge is 0.503 e. The Morgan fingerprint density at radius 3 is 2.70 bits per heavy atom. The molecule has 0 unspecified atom stereocenters. The van der Waals surface area contributed by atoms with Crippen LogP contribution in [0.25, 0.3) is 0 Å². The van der Waals surface area contributed by atoms with Crippen LogP contribution in [0.15, 0.2) is 35.6 Å². The summed E-state index contributed by atoms with van der Waals surface area (Å²) < 4.78 is 10.6. The summed E-state index contributed by atoms with van der Waals surface area (Å²) in [5.74, 6) is -0.594. The van der Waals surface area contributed by atoms with E-state index in [1.54, 1.807) is 24.1 Å². The Hall–Kier alpha value is -2.38. The minimum absolute atomic E-state index is 0.152. The number of hydrogen-bond donors (Lipinski definition) is 1. The van der Waals surface area contributed by atoms with Gasteiger partial charge in [0.15, 0.2) is 11.5 Å². The Morgan fingerprint density at radius 2 is 2.04 bits per heavy atom. The SMILES string of the molecule is COc1cccc([C@@H]2C(C(C)=O)=C(O)C(=O)N2CCCN2CCOCC2)c1. The monoisotopic (exact) mass is 374 g/mol. The summed E-state index contributed by atoms with van der Waals surface area (Å²) in [5.41, 5.74) is 0.906. The van der Waals surface area contributed by atoms with Crippen LogP contribution in [0.2, 0.25) is 0 Å². The molecule has 0 aliphatic carbocycles. The Kier molecular flexibility index (Phi) is 6.13. The van der Waals surface area contributed by atoms with Crippen molar-refractivity contribution in [3.05, 3.63) is 41.2 Å². The quantitative estimate of drug-likeness (QED) is 0.783. The van der Waals surface area contributed by atoms with Gasteiger partial charge in [0.2, 0.25) is 0 Å². The van der Waals surface area contributed by atoms with E-state index in [0.29, 0.717) is 12.3 Å². The highest BCUT2D eigenvalue weighted by molar-refractivity contribution is 6.08. The van der Waals surface area contributed by atoms with Gasteiger partial charge in [-0.15, -0.1) is 0 Å². The molecule has 2 heterocycles. The highest BCUT2D eigenvalue weighted by Crippen LogP contribution is 2.38. The average molecular weight is 374 g/mol. The lowest BCUT2D eigenvalue weighted by Crippen LogP contribution is -2.39. The lowest BCUT2D eigenvalue weighted by Gasteiger charge is -2.30. The Labute approximate surface area is 159 Å². The zero-order valence-corrected chi connectivity index (χ0v) is 15.8. The third-order valence-electron chi connectivity index (χ3n) is 5.07. The van der Waals surface area contributed by atoms with Gasteiger partial charge in [-0.3, -0.25) is 14.5 Å². The van der Waals surface area contributed by atoms with Crippen molar-refractivity contribution in [3.63, 3.8) is 0 Å². The Morgan fingerprint density at radius 1 is 1.30 bits per heavy atom. The van der Waals surface area contributed by atoms with Gasteiger partial charge in [-0.05, 0) is 31.0 Å². The zero-order valence-electron chi connectivity index (χ0n) is 15.8. The van der Waals surface area contributed by atoms with Crippen LogP contribution in [-0.2, 0) is 14.3 Å². The molecule has 7 heteroatoms. The fourth-order valence-corrected chi connectivity index (χ4v) is 3.69. The summed E-state index contributed by atoms with van der Waals surface area (Å²) in [6.07, 6.45) is 0.755. The van der Waals surface area contributed by atoms with Gasteiger partial charge < -0.3 is 19.5 Å². The number of rotatable bonds is 7. The molecule has 1 aromatic carbocycles. The van der Waals surface area contributed by atoms with Gasteiger partial charge in [0.05, 0.1) is 31.9 Å². The molecule has 0 aromatic heterocycles. The molecule has 0 saturated carbocycles. The summed E-state index contributed by atoms with van der Waals surface area (Å²) in [5, 5.41) is 10.3. The minimum atomic E-state index is -0.588. The van der Waals surface area contributed by atoms with Gasteiger partial charge in [0.25, 0.3) is 5.91 Å². The molecular weight excluding hydrogens is 348 g/mol. The number of carbonyl (C=O) groups excluding carboxylic acids is 2. The van der Waals surface area contributed by atoms with Crippen molar-refractivity contribution < 1.29 is 24.2 Å². The standard InChI is InChI=1S/C20H26N2O5/c1-14(23)17-18(15-5-3-6-16(13-15)26-2)22(20(25)19(17)24)8-4-7-21-9-11-27-12-10-21/h3,5-6,13,18,24H,4,7-12H2,1-2H3/t18-/m1/s1. The van der Waals surface area contributed by atoms with E-state index in [0.717, 1.165) is 44.8 Å². The number of ether oxygens (including phenoxy) is 2. The van der Waals surface area contributed by atoms with E-state index >= 15 is 0 Å². The van der Waals surface area contributed by atoms with Crippen LogP contribution in [0.5, 0.6) is 5.75 Å². The molecule has 1 atom stereocenters. The number of Topliss-reactive ketones (excluding diaryl/α,β-unsaturated/α-hetero) is 1. The molecule has 2 aliphatic heterocycles. The number of nitrogens with zero attached hydrogens (tertiary/aromatic N) is 2. The number of aliphatic hydroxyl groups excluding tert-OH is 1. The second-order valence-electron chi connectivity index (χ2n) is 6.80. The van der Waals surface area contributed by atoms with Crippen LogP contribution in [0.4, 0.5) is 0 Å². The predicted molar refractivity (Wildman–Crippen MR) is 99.7 cm³/mol. The number of carbonyl (C=O) groups is 2. The van der Waals surface area contributed by atoms with Crippen molar-refractivity contribution in [3.8, 4) is 5.75 Å². The molecule has 1 aromatic rings. The molecule has 7 nitrogen and oxygen atoms in total.